The van der Waals surface area contributed by atoms with Crippen molar-refractivity contribution in [1.82, 2.24) is 0 Å². The minimum Gasteiger partial charge on any atom is -0.425 e. The molecule has 0 saturated carbocycles. The number of halogens is 1. The number of carbonyl (C=O) groups excluding carboxylic acids is 2. The van der Waals surface area contributed by atoms with Crippen LogP contribution in [0.3, 0.4) is 0 Å². The van der Waals surface area contributed by atoms with Gasteiger partial charge in [-0.05, 0) is 18.9 Å². The molecule has 0 aliphatic rings. The van der Waals surface area contributed by atoms with Crippen LogP contribution in [0.15, 0.2) is 42.5 Å². The molecule has 4 nitrogen and oxygen atoms in total. The van der Waals surface area contributed by atoms with E-state index < -0.39 is 0 Å². The Morgan fingerprint density at radius 1 is 0.667 bits per heavy atom. The second kappa shape index (κ2) is 12.6. The third-order valence-electron chi connectivity index (χ3n) is 5.80. The third kappa shape index (κ3) is 6.48. The Morgan fingerprint density at radius 2 is 1.18 bits per heavy atom. The summed E-state index contributed by atoms with van der Waals surface area (Å²) >= 11 is 6.59. The molecule has 176 valence electrons. The summed E-state index contributed by atoms with van der Waals surface area (Å²) in [6.45, 7) is 4.28. The normalized spacial score (nSPS) is 11.1. The number of ether oxygens (including phenoxy) is 2. The van der Waals surface area contributed by atoms with Crippen molar-refractivity contribution in [1.29, 1.82) is 0 Å². The zero-order chi connectivity index (χ0) is 23.6. The first-order valence-electron chi connectivity index (χ1n) is 12.1. The SMILES string of the molecule is CCCCCCC(=O)Oc1c2ccccc2c(OC(=O)CCCCCC)c2c(Cl)cccc12. The molecule has 3 aromatic carbocycles. The van der Waals surface area contributed by atoms with Crippen LogP contribution in [0, 0.1) is 0 Å². The minimum absolute atomic E-state index is 0.266. The van der Waals surface area contributed by atoms with Crippen LogP contribution in [0.25, 0.3) is 21.5 Å². The van der Waals surface area contributed by atoms with Gasteiger partial charge in [-0.15, -0.1) is 0 Å². The summed E-state index contributed by atoms with van der Waals surface area (Å²) < 4.78 is 11.8. The van der Waals surface area contributed by atoms with Gasteiger partial charge in [0.1, 0.15) is 11.5 Å². The van der Waals surface area contributed by atoms with Gasteiger partial charge in [-0.25, -0.2) is 0 Å². The van der Waals surface area contributed by atoms with Gasteiger partial charge in [0.25, 0.3) is 0 Å². The maximum Gasteiger partial charge on any atom is 0.311 e. The van der Waals surface area contributed by atoms with Crippen molar-refractivity contribution in [2.75, 3.05) is 0 Å². The molecule has 0 aliphatic carbocycles. The van der Waals surface area contributed by atoms with Gasteiger partial charge in [-0.1, -0.05) is 100 Å². The van der Waals surface area contributed by atoms with E-state index in [1.54, 1.807) is 6.07 Å². The van der Waals surface area contributed by atoms with E-state index in [2.05, 4.69) is 13.8 Å². The number of hydrogen-bond donors (Lipinski definition) is 0. The fourth-order valence-corrected chi connectivity index (χ4v) is 4.30. The van der Waals surface area contributed by atoms with Crippen molar-refractivity contribution in [3.63, 3.8) is 0 Å². The predicted octanol–water partition coefficient (Wildman–Crippen LogP) is 8.40. The van der Waals surface area contributed by atoms with E-state index >= 15 is 0 Å². The summed E-state index contributed by atoms with van der Waals surface area (Å²) in [5.41, 5.74) is 0. The first-order valence-corrected chi connectivity index (χ1v) is 12.5. The van der Waals surface area contributed by atoms with Crippen LogP contribution in [0.4, 0.5) is 0 Å². The Hall–Kier alpha value is -2.59. The van der Waals surface area contributed by atoms with Crippen molar-refractivity contribution in [2.45, 2.75) is 78.1 Å². The van der Waals surface area contributed by atoms with Gasteiger partial charge >= 0.3 is 11.9 Å². The lowest BCUT2D eigenvalue weighted by molar-refractivity contribution is -0.135. The number of rotatable bonds is 12. The molecule has 0 atom stereocenters. The fraction of sp³-hybridized carbons (Fsp3) is 0.429. The molecule has 0 N–H and O–H groups in total. The summed E-state index contributed by atoms with van der Waals surface area (Å²) in [5, 5.41) is 3.13. The van der Waals surface area contributed by atoms with E-state index in [1.807, 2.05) is 36.4 Å². The highest BCUT2D eigenvalue weighted by Crippen LogP contribution is 2.45. The summed E-state index contributed by atoms with van der Waals surface area (Å²) in [4.78, 5) is 25.3. The molecule has 0 radical (unpaired) electrons. The Morgan fingerprint density at radius 3 is 1.76 bits per heavy atom. The zero-order valence-electron chi connectivity index (χ0n) is 19.6. The Balaban J connectivity index is 1.98. The maximum atomic E-state index is 12.7. The van der Waals surface area contributed by atoms with Crippen LogP contribution in [-0.2, 0) is 9.59 Å². The van der Waals surface area contributed by atoms with Gasteiger partial charge in [0, 0.05) is 34.4 Å². The number of carbonyl (C=O) groups is 2. The molecule has 0 bridgehead atoms. The first-order chi connectivity index (χ1) is 16.1. The lowest BCUT2D eigenvalue weighted by atomic mass is 10.0. The van der Waals surface area contributed by atoms with Crippen molar-refractivity contribution in [3.8, 4) is 11.5 Å². The Labute approximate surface area is 201 Å². The largest absolute Gasteiger partial charge is 0.425 e. The number of unbranched alkanes of at least 4 members (excludes halogenated alkanes) is 6. The molecule has 0 fully saturated rings. The summed E-state index contributed by atoms with van der Waals surface area (Å²) in [6, 6.07) is 12.9. The average molecular weight is 469 g/mol. The molecule has 0 aliphatic heterocycles. The second-order valence-electron chi connectivity index (χ2n) is 8.44. The molecule has 3 rings (SSSR count). The molecule has 0 spiro atoms. The molecular weight excluding hydrogens is 436 g/mol. The molecule has 0 saturated heterocycles. The molecule has 0 unspecified atom stereocenters. The van der Waals surface area contributed by atoms with Gasteiger partial charge < -0.3 is 9.47 Å². The third-order valence-corrected chi connectivity index (χ3v) is 6.12. The van der Waals surface area contributed by atoms with Crippen LogP contribution in [-0.4, -0.2) is 11.9 Å². The number of hydrogen-bond acceptors (Lipinski definition) is 4. The smallest absolute Gasteiger partial charge is 0.311 e. The average Bonchev–Trinajstić information content (AvgIpc) is 2.81. The lowest BCUT2D eigenvalue weighted by Crippen LogP contribution is -2.11. The zero-order valence-corrected chi connectivity index (χ0v) is 20.4. The van der Waals surface area contributed by atoms with Crippen LogP contribution in [0.2, 0.25) is 5.02 Å². The van der Waals surface area contributed by atoms with E-state index in [0.29, 0.717) is 45.5 Å². The Kier molecular flexibility index (Phi) is 9.56. The monoisotopic (exact) mass is 468 g/mol. The fourth-order valence-electron chi connectivity index (χ4n) is 4.04. The van der Waals surface area contributed by atoms with E-state index in [-0.39, 0.29) is 11.9 Å². The molecule has 0 heterocycles. The molecule has 0 aromatic heterocycles. The van der Waals surface area contributed by atoms with Crippen molar-refractivity contribution in [2.24, 2.45) is 0 Å². The molecule has 33 heavy (non-hydrogen) atoms. The minimum atomic E-state index is -0.279. The van der Waals surface area contributed by atoms with Gasteiger partial charge in [-0.3, -0.25) is 9.59 Å². The molecule has 5 heteroatoms. The predicted molar refractivity (Wildman–Crippen MR) is 135 cm³/mol. The van der Waals surface area contributed by atoms with Crippen LogP contribution < -0.4 is 9.47 Å². The second-order valence-corrected chi connectivity index (χ2v) is 8.84. The van der Waals surface area contributed by atoms with E-state index in [4.69, 9.17) is 21.1 Å². The maximum absolute atomic E-state index is 12.7. The van der Waals surface area contributed by atoms with Gasteiger partial charge in [0.15, 0.2) is 0 Å². The standard InChI is InChI=1S/C28H33ClO4/c1-3-5-7-9-18-24(30)32-27-20-14-11-12-15-21(20)28(26-22(27)16-13-17-23(26)29)33-25(31)19-10-8-6-4-2/h11-17H,3-10,18-19H2,1-2H3. The van der Waals surface area contributed by atoms with Crippen LogP contribution >= 0.6 is 11.6 Å². The summed E-state index contributed by atoms with van der Waals surface area (Å²) in [6.07, 6.45) is 8.75. The number of fused-ring (bicyclic) bond motifs is 2. The first kappa shape index (κ1) is 25.0. The highest BCUT2D eigenvalue weighted by atomic mass is 35.5. The molecule has 0 amide bonds. The van der Waals surface area contributed by atoms with E-state index in [0.717, 1.165) is 56.8 Å². The number of esters is 2. The van der Waals surface area contributed by atoms with E-state index in [9.17, 15) is 9.59 Å². The topological polar surface area (TPSA) is 52.6 Å². The van der Waals surface area contributed by atoms with Gasteiger partial charge in [0.2, 0.25) is 0 Å². The van der Waals surface area contributed by atoms with E-state index in [1.165, 1.54) is 0 Å². The summed E-state index contributed by atoms with van der Waals surface area (Å²) in [5.74, 6) is 0.345. The molecular formula is C28H33ClO4. The van der Waals surface area contributed by atoms with Crippen LogP contribution in [0.1, 0.15) is 78.1 Å². The lowest BCUT2D eigenvalue weighted by Gasteiger charge is -2.17. The van der Waals surface area contributed by atoms with Crippen molar-refractivity contribution < 1.29 is 19.1 Å². The van der Waals surface area contributed by atoms with Gasteiger partial charge in [-0.2, -0.15) is 0 Å². The summed E-state index contributed by atoms with van der Waals surface area (Å²) in [7, 11) is 0. The highest BCUT2D eigenvalue weighted by Gasteiger charge is 2.21. The highest BCUT2D eigenvalue weighted by molar-refractivity contribution is 6.37. The quantitative estimate of drug-likeness (QED) is 0.116. The van der Waals surface area contributed by atoms with Crippen molar-refractivity contribution in [3.05, 3.63) is 47.5 Å². The van der Waals surface area contributed by atoms with Gasteiger partial charge in [0.05, 0.1) is 5.02 Å². The molecule has 3 aromatic rings. The van der Waals surface area contributed by atoms with Crippen LogP contribution in [0.5, 0.6) is 11.5 Å². The number of benzene rings is 3. The Bertz CT molecular complexity index is 1110. The van der Waals surface area contributed by atoms with Crippen molar-refractivity contribution >= 4 is 45.1 Å².